The standard InChI is InChI=1S/C18H23N3O4/c1-20(13-18(22)23)10-15-11-21(7-8-24-15)12-17-19-9-16(25-17)14-5-3-2-4-6-14/h2-6,9,15H,7-8,10-13H2,1H3,(H,22,23). The average Bonchev–Trinajstić information content (AvgIpc) is 3.03. The molecule has 7 heteroatoms. The summed E-state index contributed by atoms with van der Waals surface area (Å²) in [5.74, 6) is 0.614. The van der Waals surface area contributed by atoms with Crippen molar-refractivity contribution in [2.75, 3.05) is 39.8 Å². The number of oxazole rings is 1. The molecule has 0 saturated carbocycles. The Morgan fingerprint density at radius 1 is 1.40 bits per heavy atom. The van der Waals surface area contributed by atoms with E-state index in [0.717, 1.165) is 24.4 Å². The molecule has 1 unspecified atom stereocenters. The SMILES string of the molecule is CN(CC(=O)O)CC1CN(Cc2ncc(-c3ccccc3)o2)CCO1. The maximum absolute atomic E-state index is 10.8. The largest absolute Gasteiger partial charge is 0.480 e. The first-order valence-electron chi connectivity index (χ1n) is 8.34. The van der Waals surface area contributed by atoms with Gasteiger partial charge in [-0.15, -0.1) is 0 Å². The third-order valence-corrected chi connectivity index (χ3v) is 4.11. The normalized spacial score (nSPS) is 18.6. The highest BCUT2D eigenvalue weighted by atomic mass is 16.5. The molecule has 1 N–H and O–H groups in total. The third kappa shape index (κ3) is 5.12. The van der Waals surface area contributed by atoms with Crippen LogP contribution in [0.4, 0.5) is 0 Å². The molecule has 0 amide bonds. The van der Waals surface area contributed by atoms with Crippen LogP contribution in [0.3, 0.4) is 0 Å². The second-order valence-corrected chi connectivity index (χ2v) is 6.30. The Kier molecular flexibility index (Phi) is 5.80. The number of ether oxygens (including phenoxy) is 1. The number of hydrogen-bond donors (Lipinski definition) is 1. The van der Waals surface area contributed by atoms with Crippen LogP contribution >= 0.6 is 0 Å². The van der Waals surface area contributed by atoms with E-state index in [1.807, 2.05) is 30.3 Å². The minimum atomic E-state index is -0.830. The summed E-state index contributed by atoms with van der Waals surface area (Å²) in [6.07, 6.45) is 1.74. The van der Waals surface area contributed by atoms with Crippen molar-refractivity contribution in [2.45, 2.75) is 12.6 Å². The van der Waals surface area contributed by atoms with Crippen molar-refractivity contribution in [1.82, 2.24) is 14.8 Å². The quantitative estimate of drug-likeness (QED) is 0.816. The number of aromatic nitrogens is 1. The lowest BCUT2D eigenvalue weighted by atomic mass is 10.2. The number of benzene rings is 1. The van der Waals surface area contributed by atoms with E-state index in [9.17, 15) is 4.79 Å². The smallest absolute Gasteiger partial charge is 0.317 e. The van der Waals surface area contributed by atoms with Crippen LogP contribution in [0, 0.1) is 0 Å². The van der Waals surface area contributed by atoms with Gasteiger partial charge in [0.2, 0.25) is 5.89 Å². The van der Waals surface area contributed by atoms with Crippen LogP contribution in [-0.4, -0.2) is 71.8 Å². The molecule has 7 nitrogen and oxygen atoms in total. The Balaban J connectivity index is 1.54. The summed E-state index contributed by atoms with van der Waals surface area (Å²) in [7, 11) is 1.79. The van der Waals surface area contributed by atoms with Gasteiger partial charge in [0.15, 0.2) is 5.76 Å². The molecule has 1 aromatic carbocycles. The highest BCUT2D eigenvalue weighted by Gasteiger charge is 2.23. The van der Waals surface area contributed by atoms with Gasteiger partial charge in [0.25, 0.3) is 0 Å². The van der Waals surface area contributed by atoms with E-state index in [0.29, 0.717) is 25.6 Å². The molecule has 0 radical (unpaired) electrons. The number of morpholine rings is 1. The first kappa shape index (κ1) is 17.6. The fraction of sp³-hybridized carbons (Fsp3) is 0.444. The van der Waals surface area contributed by atoms with Crippen molar-refractivity contribution in [3.63, 3.8) is 0 Å². The summed E-state index contributed by atoms with van der Waals surface area (Å²) < 4.78 is 11.6. The van der Waals surface area contributed by atoms with Gasteiger partial charge in [-0.05, 0) is 7.05 Å². The molecule has 25 heavy (non-hydrogen) atoms. The van der Waals surface area contributed by atoms with Crippen molar-refractivity contribution in [3.8, 4) is 11.3 Å². The van der Waals surface area contributed by atoms with Crippen molar-refractivity contribution >= 4 is 5.97 Å². The Morgan fingerprint density at radius 2 is 2.20 bits per heavy atom. The Morgan fingerprint density at radius 3 is 2.96 bits per heavy atom. The molecule has 1 fully saturated rings. The first-order valence-corrected chi connectivity index (χ1v) is 8.34. The van der Waals surface area contributed by atoms with Crippen LogP contribution in [0.1, 0.15) is 5.89 Å². The molecular weight excluding hydrogens is 322 g/mol. The topological polar surface area (TPSA) is 79.0 Å². The second kappa shape index (κ2) is 8.24. The van der Waals surface area contributed by atoms with E-state index in [1.54, 1.807) is 18.1 Å². The molecule has 1 aliphatic heterocycles. The molecule has 1 aliphatic rings. The van der Waals surface area contributed by atoms with E-state index in [4.69, 9.17) is 14.3 Å². The van der Waals surface area contributed by atoms with Gasteiger partial charge in [-0.1, -0.05) is 30.3 Å². The number of hydrogen-bond acceptors (Lipinski definition) is 6. The van der Waals surface area contributed by atoms with Gasteiger partial charge in [-0.2, -0.15) is 0 Å². The molecule has 0 spiro atoms. The molecule has 1 aromatic heterocycles. The van der Waals surface area contributed by atoms with E-state index < -0.39 is 5.97 Å². The maximum atomic E-state index is 10.8. The van der Waals surface area contributed by atoms with Crippen molar-refractivity contribution in [1.29, 1.82) is 0 Å². The summed E-state index contributed by atoms with van der Waals surface area (Å²) in [6, 6.07) is 9.90. The average molecular weight is 345 g/mol. The van der Waals surface area contributed by atoms with Crippen LogP contribution in [0.15, 0.2) is 40.9 Å². The fourth-order valence-corrected chi connectivity index (χ4v) is 2.99. The number of carbonyl (C=O) groups is 1. The van der Waals surface area contributed by atoms with Crippen LogP contribution in [0.5, 0.6) is 0 Å². The van der Waals surface area contributed by atoms with E-state index in [2.05, 4.69) is 9.88 Å². The molecule has 2 heterocycles. The lowest BCUT2D eigenvalue weighted by Gasteiger charge is -2.33. The summed E-state index contributed by atoms with van der Waals surface area (Å²) in [5.41, 5.74) is 1.01. The Bertz CT molecular complexity index is 689. The second-order valence-electron chi connectivity index (χ2n) is 6.30. The molecule has 2 aromatic rings. The Labute approximate surface area is 146 Å². The minimum absolute atomic E-state index is 0.0124. The molecule has 0 bridgehead atoms. The first-order chi connectivity index (χ1) is 12.1. The van der Waals surface area contributed by atoms with Gasteiger partial charge < -0.3 is 14.3 Å². The summed E-state index contributed by atoms with van der Waals surface area (Å²) in [6.45, 7) is 3.38. The van der Waals surface area contributed by atoms with Gasteiger partial charge in [-0.3, -0.25) is 14.6 Å². The van der Waals surface area contributed by atoms with Gasteiger partial charge in [0.1, 0.15) is 0 Å². The number of likely N-dealkylation sites (N-methyl/N-ethyl adjacent to an activating group) is 1. The number of carboxylic acid groups (broad SMARTS) is 1. The van der Waals surface area contributed by atoms with Gasteiger partial charge in [0, 0.05) is 25.2 Å². The van der Waals surface area contributed by atoms with Crippen LogP contribution < -0.4 is 0 Å². The van der Waals surface area contributed by atoms with Gasteiger partial charge in [-0.25, -0.2) is 4.98 Å². The van der Waals surface area contributed by atoms with Crippen molar-refractivity contribution < 1.29 is 19.1 Å². The number of nitrogens with zero attached hydrogens (tertiary/aromatic N) is 3. The van der Waals surface area contributed by atoms with Crippen LogP contribution in [-0.2, 0) is 16.1 Å². The molecule has 1 atom stereocenters. The lowest BCUT2D eigenvalue weighted by Crippen LogP contribution is -2.47. The van der Waals surface area contributed by atoms with Gasteiger partial charge >= 0.3 is 5.97 Å². The van der Waals surface area contributed by atoms with Crippen LogP contribution in [0.25, 0.3) is 11.3 Å². The van der Waals surface area contributed by atoms with Gasteiger partial charge in [0.05, 0.1) is 32.0 Å². The highest BCUT2D eigenvalue weighted by molar-refractivity contribution is 5.69. The number of rotatable bonds is 7. The molecule has 3 rings (SSSR count). The van der Waals surface area contributed by atoms with Crippen molar-refractivity contribution in [3.05, 3.63) is 42.4 Å². The highest BCUT2D eigenvalue weighted by Crippen LogP contribution is 2.21. The van der Waals surface area contributed by atoms with Crippen LogP contribution in [0.2, 0.25) is 0 Å². The molecule has 134 valence electrons. The molecule has 1 saturated heterocycles. The zero-order valence-electron chi connectivity index (χ0n) is 14.3. The Hall–Kier alpha value is -2.22. The van der Waals surface area contributed by atoms with E-state index in [-0.39, 0.29) is 12.6 Å². The lowest BCUT2D eigenvalue weighted by molar-refractivity contribution is -0.138. The monoisotopic (exact) mass is 345 g/mol. The maximum Gasteiger partial charge on any atom is 0.317 e. The summed E-state index contributed by atoms with van der Waals surface area (Å²) in [4.78, 5) is 19.1. The fourth-order valence-electron chi connectivity index (χ4n) is 2.99. The predicted octanol–water partition coefficient (Wildman–Crippen LogP) is 1.56. The molecule has 0 aliphatic carbocycles. The zero-order valence-corrected chi connectivity index (χ0v) is 14.3. The zero-order chi connectivity index (χ0) is 17.6. The third-order valence-electron chi connectivity index (χ3n) is 4.11. The summed E-state index contributed by atoms with van der Waals surface area (Å²) >= 11 is 0. The van der Waals surface area contributed by atoms with E-state index >= 15 is 0 Å². The number of aliphatic carboxylic acids is 1. The van der Waals surface area contributed by atoms with Crippen molar-refractivity contribution in [2.24, 2.45) is 0 Å². The predicted molar refractivity (Wildman–Crippen MR) is 92.1 cm³/mol. The number of carboxylic acids is 1. The molecular formula is C18H23N3O4. The minimum Gasteiger partial charge on any atom is -0.480 e. The van der Waals surface area contributed by atoms with E-state index in [1.165, 1.54) is 0 Å². The summed E-state index contributed by atoms with van der Waals surface area (Å²) in [5, 5.41) is 8.84.